The molecule has 2 atom stereocenters. The highest BCUT2D eigenvalue weighted by molar-refractivity contribution is 5.42. The van der Waals surface area contributed by atoms with Crippen LogP contribution in [0.2, 0.25) is 0 Å². The second-order valence-electron chi connectivity index (χ2n) is 4.46. The number of rotatable bonds is 4. The Bertz CT molecular complexity index is 385. The minimum absolute atomic E-state index is 0.153. The van der Waals surface area contributed by atoms with Gasteiger partial charge in [0, 0.05) is 12.2 Å². The maximum absolute atomic E-state index is 10.4. The quantitative estimate of drug-likeness (QED) is 0.893. The molecular formula is C14H20O4. The lowest BCUT2D eigenvalue weighted by Crippen LogP contribution is -2.26. The lowest BCUT2D eigenvalue weighted by molar-refractivity contribution is -0.0640. The van der Waals surface area contributed by atoms with Gasteiger partial charge in [0.15, 0.2) is 0 Å². The molecule has 0 amide bonds. The van der Waals surface area contributed by atoms with Crippen molar-refractivity contribution in [2.75, 3.05) is 20.8 Å². The second kappa shape index (κ2) is 6.07. The van der Waals surface area contributed by atoms with Gasteiger partial charge in [-0.3, -0.25) is 0 Å². The Morgan fingerprint density at radius 1 is 1.28 bits per heavy atom. The molecule has 1 aliphatic rings. The average Bonchev–Trinajstić information content (AvgIpc) is 2.46. The van der Waals surface area contributed by atoms with Crippen LogP contribution < -0.4 is 9.47 Å². The van der Waals surface area contributed by atoms with Gasteiger partial charge in [-0.2, -0.15) is 0 Å². The Hall–Kier alpha value is -1.26. The number of hydrogen-bond acceptors (Lipinski definition) is 4. The highest BCUT2D eigenvalue weighted by Gasteiger charge is 2.26. The molecule has 0 radical (unpaired) electrons. The molecule has 1 fully saturated rings. The molecule has 1 aromatic rings. The van der Waals surface area contributed by atoms with E-state index in [9.17, 15) is 5.11 Å². The topological polar surface area (TPSA) is 47.9 Å². The normalized spacial score (nSPS) is 21.4. The van der Waals surface area contributed by atoms with Gasteiger partial charge in [0.1, 0.15) is 17.6 Å². The first-order valence-electron chi connectivity index (χ1n) is 6.28. The molecular weight excluding hydrogens is 232 g/mol. The maximum Gasteiger partial charge on any atom is 0.125 e. The number of benzene rings is 1. The third-order valence-electron chi connectivity index (χ3n) is 3.32. The van der Waals surface area contributed by atoms with Gasteiger partial charge in [0.25, 0.3) is 0 Å². The van der Waals surface area contributed by atoms with Crippen LogP contribution >= 0.6 is 0 Å². The fraction of sp³-hybridized carbons (Fsp3) is 0.571. The molecule has 1 aliphatic heterocycles. The van der Waals surface area contributed by atoms with Gasteiger partial charge in [-0.1, -0.05) is 0 Å². The van der Waals surface area contributed by atoms with Crippen molar-refractivity contribution in [3.63, 3.8) is 0 Å². The molecule has 4 nitrogen and oxygen atoms in total. The Morgan fingerprint density at radius 2 is 2.11 bits per heavy atom. The van der Waals surface area contributed by atoms with Crippen LogP contribution in [0.1, 0.15) is 30.9 Å². The van der Waals surface area contributed by atoms with Crippen LogP contribution in [0.25, 0.3) is 0 Å². The number of ether oxygens (including phenoxy) is 3. The van der Waals surface area contributed by atoms with Crippen molar-refractivity contribution in [1.29, 1.82) is 0 Å². The Balaban J connectivity index is 2.23. The zero-order valence-electron chi connectivity index (χ0n) is 10.9. The Kier molecular flexibility index (Phi) is 4.44. The van der Waals surface area contributed by atoms with Crippen LogP contribution in [0.4, 0.5) is 0 Å². The summed E-state index contributed by atoms with van der Waals surface area (Å²) in [5.41, 5.74) is 0.726. The van der Waals surface area contributed by atoms with Crippen molar-refractivity contribution in [2.45, 2.75) is 31.5 Å². The zero-order valence-corrected chi connectivity index (χ0v) is 10.9. The fourth-order valence-corrected chi connectivity index (χ4v) is 2.29. The van der Waals surface area contributed by atoms with E-state index in [4.69, 9.17) is 14.2 Å². The minimum Gasteiger partial charge on any atom is -0.497 e. The fourth-order valence-electron chi connectivity index (χ4n) is 2.29. The van der Waals surface area contributed by atoms with Crippen LogP contribution in [-0.4, -0.2) is 32.0 Å². The number of aliphatic hydroxyl groups excluding tert-OH is 1. The van der Waals surface area contributed by atoms with Gasteiger partial charge < -0.3 is 19.3 Å². The van der Waals surface area contributed by atoms with Crippen molar-refractivity contribution in [3.8, 4) is 11.5 Å². The van der Waals surface area contributed by atoms with Gasteiger partial charge in [-0.25, -0.2) is 0 Å². The maximum atomic E-state index is 10.4. The first kappa shape index (κ1) is 13.2. The summed E-state index contributed by atoms with van der Waals surface area (Å²) in [6.45, 7) is 0.716. The molecule has 1 saturated heterocycles. The first-order valence-corrected chi connectivity index (χ1v) is 6.28. The molecule has 18 heavy (non-hydrogen) atoms. The molecule has 0 bridgehead atoms. The molecule has 1 aromatic carbocycles. The van der Waals surface area contributed by atoms with Gasteiger partial charge in [0.05, 0.1) is 20.3 Å². The first-order chi connectivity index (χ1) is 8.76. The van der Waals surface area contributed by atoms with Crippen LogP contribution in [-0.2, 0) is 4.74 Å². The van der Waals surface area contributed by atoms with E-state index in [1.807, 2.05) is 12.1 Å². The number of aliphatic hydroxyl groups is 1. The van der Waals surface area contributed by atoms with E-state index in [2.05, 4.69) is 0 Å². The summed E-state index contributed by atoms with van der Waals surface area (Å²) < 4.78 is 16.1. The molecule has 0 aromatic heterocycles. The summed E-state index contributed by atoms with van der Waals surface area (Å²) in [5.74, 6) is 1.37. The van der Waals surface area contributed by atoms with Crippen molar-refractivity contribution in [1.82, 2.24) is 0 Å². The van der Waals surface area contributed by atoms with Crippen molar-refractivity contribution in [3.05, 3.63) is 23.8 Å². The predicted molar refractivity (Wildman–Crippen MR) is 68.1 cm³/mol. The monoisotopic (exact) mass is 252 g/mol. The molecule has 0 spiro atoms. The van der Waals surface area contributed by atoms with Crippen molar-refractivity contribution in [2.24, 2.45) is 0 Å². The predicted octanol–water partition coefficient (Wildman–Crippen LogP) is 2.31. The molecule has 4 heteroatoms. The molecule has 0 saturated carbocycles. The van der Waals surface area contributed by atoms with Gasteiger partial charge in [-0.05, 0) is 37.5 Å². The summed E-state index contributed by atoms with van der Waals surface area (Å²) >= 11 is 0. The number of methoxy groups -OCH3 is 2. The molecule has 100 valence electrons. The van der Waals surface area contributed by atoms with Crippen LogP contribution in [0.3, 0.4) is 0 Å². The van der Waals surface area contributed by atoms with Gasteiger partial charge >= 0.3 is 0 Å². The largest absolute Gasteiger partial charge is 0.497 e. The highest BCUT2D eigenvalue weighted by Crippen LogP contribution is 2.34. The summed E-state index contributed by atoms with van der Waals surface area (Å²) in [5, 5.41) is 10.4. The van der Waals surface area contributed by atoms with Gasteiger partial charge in [-0.15, -0.1) is 0 Å². The van der Waals surface area contributed by atoms with E-state index in [1.165, 1.54) is 0 Å². The Labute approximate surface area is 107 Å². The van der Waals surface area contributed by atoms with E-state index in [0.29, 0.717) is 18.1 Å². The standard InChI is InChI=1S/C14H20O4/c1-16-10-6-7-12(17-2)11(9-10)14(15)13-5-3-4-8-18-13/h6-7,9,13-15H,3-5,8H2,1-2H3. The van der Waals surface area contributed by atoms with Crippen molar-refractivity contribution >= 4 is 0 Å². The Morgan fingerprint density at radius 3 is 2.72 bits per heavy atom. The number of hydrogen-bond donors (Lipinski definition) is 1. The van der Waals surface area contributed by atoms with Crippen LogP contribution in [0.5, 0.6) is 11.5 Å². The lowest BCUT2D eigenvalue weighted by atomic mass is 9.97. The second-order valence-corrected chi connectivity index (χ2v) is 4.46. The average molecular weight is 252 g/mol. The molecule has 2 unspecified atom stereocenters. The molecule has 2 rings (SSSR count). The SMILES string of the molecule is COc1ccc(OC)c(C(O)C2CCCCO2)c1. The molecule has 1 heterocycles. The zero-order chi connectivity index (χ0) is 13.0. The minimum atomic E-state index is -0.671. The smallest absolute Gasteiger partial charge is 0.125 e. The molecule has 0 aliphatic carbocycles. The van der Waals surface area contributed by atoms with E-state index >= 15 is 0 Å². The summed E-state index contributed by atoms with van der Waals surface area (Å²) in [4.78, 5) is 0. The van der Waals surface area contributed by atoms with Gasteiger partial charge in [0.2, 0.25) is 0 Å². The third kappa shape index (κ3) is 2.76. The van der Waals surface area contributed by atoms with Crippen LogP contribution in [0, 0.1) is 0 Å². The van der Waals surface area contributed by atoms with E-state index < -0.39 is 6.10 Å². The van der Waals surface area contributed by atoms with E-state index in [-0.39, 0.29) is 6.10 Å². The lowest BCUT2D eigenvalue weighted by Gasteiger charge is -2.28. The summed E-state index contributed by atoms with van der Waals surface area (Å²) in [6.07, 6.45) is 2.21. The van der Waals surface area contributed by atoms with E-state index in [0.717, 1.165) is 24.8 Å². The third-order valence-corrected chi connectivity index (χ3v) is 3.32. The van der Waals surface area contributed by atoms with E-state index in [1.54, 1.807) is 20.3 Å². The summed E-state index contributed by atoms with van der Waals surface area (Å²) in [6, 6.07) is 5.43. The van der Waals surface area contributed by atoms with Crippen molar-refractivity contribution < 1.29 is 19.3 Å². The molecule has 1 N–H and O–H groups in total. The highest BCUT2D eigenvalue weighted by atomic mass is 16.5. The van der Waals surface area contributed by atoms with Crippen LogP contribution in [0.15, 0.2) is 18.2 Å². The summed E-state index contributed by atoms with van der Waals surface area (Å²) in [7, 11) is 3.20.